The van der Waals surface area contributed by atoms with E-state index in [1.54, 1.807) is 12.3 Å². The lowest BCUT2D eigenvalue weighted by atomic mass is 9.88. The van der Waals surface area contributed by atoms with E-state index in [0.29, 0.717) is 23.7 Å². The summed E-state index contributed by atoms with van der Waals surface area (Å²) in [5, 5.41) is 0.920. The minimum absolute atomic E-state index is 0.291. The van der Waals surface area contributed by atoms with Crippen molar-refractivity contribution in [2.24, 2.45) is 5.73 Å². The average Bonchev–Trinajstić information content (AvgIpc) is 2.75. The lowest BCUT2D eigenvalue weighted by Crippen LogP contribution is -2.39. The molecule has 0 spiro atoms. The summed E-state index contributed by atoms with van der Waals surface area (Å²) in [5.74, 6) is 0.0341. The molecule has 0 saturated carbocycles. The van der Waals surface area contributed by atoms with Crippen molar-refractivity contribution in [3.05, 3.63) is 35.8 Å². The third kappa shape index (κ3) is 2.16. The fourth-order valence-corrected chi connectivity index (χ4v) is 4.06. The van der Waals surface area contributed by atoms with E-state index in [9.17, 15) is 4.79 Å². The number of piperidine rings is 1. The van der Waals surface area contributed by atoms with Gasteiger partial charge in [-0.2, -0.15) is 0 Å². The number of hydrogen-bond acceptors (Lipinski definition) is 4. The van der Waals surface area contributed by atoms with E-state index in [0.717, 1.165) is 16.6 Å². The second-order valence-electron chi connectivity index (χ2n) is 6.58. The first-order chi connectivity index (χ1) is 10.6. The summed E-state index contributed by atoms with van der Waals surface area (Å²) in [6, 6.07) is 7.26. The Morgan fingerprint density at radius 3 is 2.68 bits per heavy atom. The van der Waals surface area contributed by atoms with Crippen molar-refractivity contribution in [1.82, 2.24) is 14.9 Å². The van der Waals surface area contributed by atoms with Gasteiger partial charge in [0, 0.05) is 29.1 Å². The van der Waals surface area contributed by atoms with Crippen LogP contribution in [-0.2, 0) is 0 Å². The Labute approximate surface area is 129 Å². The second kappa shape index (κ2) is 5.02. The molecule has 2 unspecified atom stereocenters. The van der Waals surface area contributed by atoms with Crippen LogP contribution in [0.15, 0.2) is 24.4 Å². The molecule has 2 aliphatic rings. The molecule has 2 aliphatic heterocycles. The molecule has 0 aromatic carbocycles. The summed E-state index contributed by atoms with van der Waals surface area (Å²) in [6.07, 6.45) is 6.67. The van der Waals surface area contributed by atoms with Gasteiger partial charge in [-0.05, 0) is 44.9 Å². The van der Waals surface area contributed by atoms with Gasteiger partial charge in [-0.25, -0.2) is 4.98 Å². The number of primary amides is 1. The van der Waals surface area contributed by atoms with Crippen LogP contribution < -0.4 is 5.73 Å². The van der Waals surface area contributed by atoms with E-state index in [1.807, 2.05) is 6.07 Å². The molecule has 4 heterocycles. The van der Waals surface area contributed by atoms with Gasteiger partial charge >= 0.3 is 0 Å². The topological polar surface area (TPSA) is 72.1 Å². The van der Waals surface area contributed by atoms with Gasteiger partial charge in [0.15, 0.2) is 0 Å². The quantitative estimate of drug-likeness (QED) is 0.921. The number of pyridine rings is 2. The lowest BCUT2D eigenvalue weighted by Gasteiger charge is -2.36. The molecular formula is C17H20N4O. The number of carbonyl (C=O) groups is 1. The minimum Gasteiger partial charge on any atom is -0.364 e. The van der Waals surface area contributed by atoms with Crippen molar-refractivity contribution in [1.29, 1.82) is 0 Å². The average molecular weight is 296 g/mol. The third-order valence-electron chi connectivity index (χ3n) is 5.37. The van der Waals surface area contributed by atoms with E-state index in [2.05, 4.69) is 23.0 Å². The Hall–Kier alpha value is -2.01. The Bertz CT molecular complexity index is 731. The SMILES string of the molecule is CN1C2CCC1CC(c1ccc3cc(C(N)=O)ncc3n1)C2. The van der Waals surface area contributed by atoms with E-state index in [1.165, 1.54) is 25.7 Å². The highest BCUT2D eigenvalue weighted by Crippen LogP contribution is 2.41. The maximum absolute atomic E-state index is 11.2. The van der Waals surface area contributed by atoms with Crippen molar-refractivity contribution in [2.75, 3.05) is 7.05 Å². The lowest BCUT2D eigenvalue weighted by molar-refractivity contribution is 0.0996. The predicted molar refractivity (Wildman–Crippen MR) is 84.6 cm³/mol. The molecule has 2 fully saturated rings. The summed E-state index contributed by atoms with van der Waals surface area (Å²) in [7, 11) is 2.25. The molecule has 0 aliphatic carbocycles. The van der Waals surface area contributed by atoms with Crippen molar-refractivity contribution in [3.8, 4) is 0 Å². The number of nitrogens with two attached hydrogens (primary N) is 1. The van der Waals surface area contributed by atoms with Crippen molar-refractivity contribution >= 4 is 16.8 Å². The fourth-order valence-electron chi connectivity index (χ4n) is 4.06. The van der Waals surface area contributed by atoms with Crippen LogP contribution in [0.1, 0.15) is 47.8 Å². The zero-order chi connectivity index (χ0) is 15.3. The third-order valence-corrected chi connectivity index (χ3v) is 5.37. The molecule has 2 atom stereocenters. The number of aromatic nitrogens is 2. The summed E-state index contributed by atoms with van der Waals surface area (Å²) >= 11 is 0. The summed E-state index contributed by atoms with van der Waals surface area (Å²) in [4.78, 5) is 22.6. The minimum atomic E-state index is -0.502. The molecule has 1 amide bonds. The first kappa shape index (κ1) is 13.6. The molecule has 5 heteroatoms. The maximum Gasteiger partial charge on any atom is 0.267 e. The Morgan fingerprint density at radius 2 is 2.00 bits per heavy atom. The molecule has 0 radical (unpaired) electrons. The van der Waals surface area contributed by atoms with Gasteiger partial charge in [0.05, 0.1) is 11.7 Å². The van der Waals surface area contributed by atoms with Gasteiger partial charge in [-0.3, -0.25) is 9.78 Å². The van der Waals surface area contributed by atoms with Crippen molar-refractivity contribution < 1.29 is 4.79 Å². The van der Waals surface area contributed by atoms with Gasteiger partial charge in [-0.15, -0.1) is 0 Å². The van der Waals surface area contributed by atoms with Gasteiger partial charge < -0.3 is 10.6 Å². The normalized spacial score (nSPS) is 28.1. The second-order valence-corrected chi connectivity index (χ2v) is 6.58. The van der Waals surface area contributed by atoms with Gasteiger partial charge in [0.2, 0.25) is 0 Å². The van der Waals surface area contributed by atoms with Crippen LogP contribution in [0.2, 0.25) is 0 Å². The first-order valence-electron chi connectivity index (χ1n) is 7.90. The number of carbonyl (C=O) groups excluding carboxylic acids is 1. The van der Waals surface area contributed by atoms with Crippen LogP contribution in [0.25, 0.3) is 10.9 Å². The number of hydrogen-bond donors (Lipinski definition) is 1. The summed E-state index contributed by atoms with van der Waals surface area (Å²) in [6.45, 7) is 0. The number of rotatable bonds is 2. The number of fused-ring (bicyclic) bond motifs is 3. The van der Waals surface area contributed by atoms with Crippen LogP contribution in [0.5, 0.6) is 0 Å². The molecule has 22 heavy (non-hydrogen) atoms. The maximum atomic E-state index is 11.2. The molecule has 4 rings (SSSR count). The summed E-state index contributed by atoms with van der Waals surface area (Å²) in [5.41, 5.74) is 7.57. The molecule has 2 bridgehead atoms. The van der Waals surface area contributed by atoms with Gasteiger partial charge in [0.1, 0.15) is 5.69 Å². The van der Waals surface area contributed by atoms with Crippen LogP contribution in [0.3, 0.4) is 0 Å². The molecule has 2 aromatic rings. The highest BCUT2D eigenvalue weighted by Gasteiger charge is 2.39. The smallest absolute Gasteiger partial charge is 0.267 e. The standard InChI is InChI=1S/C17H20N4O/c1-21-12-3-4-13(21)7-11(6-12)14-5-2-10-8-15(17(18)22)19-9-16(10)20-14/h2,5,8-9,11-13H,3-4,6-7H2,1H3,(H2,18,22). The van der Waals surface area contributed by atoms with Gasteiger partial charge in [0.25, 0.3) is 5.91 Å². The van der Waals surface area contributed by atoms with Crippen LogP contribution in [-0.4, -0.2) is 39.9 Å². The summed E-state index contributed by atoms with van der Waals surface area (Å²) < 4.78 is 0. The Morgan fingerprint density at radius 1 is 1.27 bits per heavy atom. The largest absolute Gasteiger partial charge is 0.364 e. The van der Waals surface area contributed by atoms with E-state index >= 15 is 0 Å². The number of nitrogens with zero attached hydrogens (tertiary/aromatic N) is 3. The zero-order valence-corrected chi connectivity index (χ0v) is 12.7. The molecule has 2 N–H and O–H groups in total. The van der Waals surface area contributed by atoms with E-state index < -0.39 is 5.91 Å². The monoisotopic (exact) mass is 296 g/mol. The van der Waals surface area contributed by atoms with Gasteiger partial charge in [-0.1, -0.05) is 6.07 Å². The molecule has 114 valence electrons. The zero-order valence-electron chi connectivity index (χ0n) is 12.7. The Kier molecular flexibility index (Phi) is 3.11. The van der Waals surface area contributed by atoms with Crippen molar-refractivity contribution in [3.63, 3.8) is 0 Å². The highest BCUT2D eigenvalue weighted by atomic mass is 16.1. The van der Waals surface area contributed by atoms with Crippen molar-refractivity contribution in [2.45, 2.75) is 43.7 Å². The number of amides is 1. The Balaban J connectivity index is 1.66. The van der Waals surface area contributed by atoms with Crippen LogP contribution >= 0.6 is 0 Å². The van der Waals surface area contributed by atoms with Crippen LogP contribution in [0, 0.1) is 0 Å². The molecular weight excluding hydrogens is 276 g/mol. The predicted octanol–water partition coefficient (Wildman–Crippen LogP) is 2.07. The molecule has 2 aromatic heterocycles. The van der Waals surface area contributed by atoms with Crippen LogP contribution in [0.4, 0.5) is 0 Å². The fraction of sp³-hybridized carbons (Fsp3) is 0.471. The molecule has 5 nitrogen and oxygen atoms in total. The highest BCUT2D eigenvalue weighted by molar-refractivity contribution is 5.94. The first-order valence-corrected chi connectivity index (χ1v) is 7.90. The molecule has 2 saturated heterocycles. The van der Waals surface area contributed by atoms with E-state index in [-0.39, 0.29) is 0 Å². The van der Waals surface area contributed by atoms with E-state index in [4.69, 9.17) is 10.7 Å².